The van der Waals surface area contributed by atoms with E-state index in [1.165, 1.54) is 11.3 Å². The molecule has 0 aromatic carbocycles. The third-order valence-corrected chi connectivity index (χ3v) is 2.88. The highest BCUT2D eigenvalue weighted by atomic mass is 32.1. The first-order chi connectivity index (χ1) is 7.83. The van der Waals surface area contributed by atoms with E-state index >= 15 is 0 Å². The van der Waals surface area contributed by atoms with Crippen molar-refractivity contribution in [1.29, 1.82) is 5.26 Å². The van der Waals surface area contributed by atoms with Crippen molar-refractivity contribution in [3.8, 4) is 6.07 Å². The highest BCUT2D eigenvalue weighted by Crippen LogP contribution is 2.19. The van der Waals surface area contributed by atoms with Gasteiger partial charge >= 0.3 is 0 Å². The van der Waals surface area contributed by atoms with Crippen LogP contribution in [-0.4, -0.2) is 14.8 Å². The Bertz CT molecular complexity index is 531. The van der Waals surface area contributed by atoms with Gasteiger partial charge in [-0.15, -0.1) is 11.3 Å². The van der Waals surface area contributed by atoms with Crippen LogP contribution in [0.4, 0.5) is 0 Å². The number of nitriles is 1. The molecule has 2 aromatic rings. The van der Waals surface area contributed by atoms with Crippen LogP contribution in [0.15, 0.2) is 24.0 Å². The fraction of sp³-hybridized carbons (Fsp3) is 0.182. The van der Waals surface area contributed by atoms with Crippen LogP contribution in [0, 0.1) is 11.3 Å². The normalized spacial score (nSPS) is 11.4. The van der Waals surface area contributed by atoms with Gasteiger partial charge in [-0.3, -0.25) is 4.68 Å². The average Bonchev–Trinajstić information content (AvgIpc) is 2.96. The van der Waals surface area contributed by atoms with Crippen molar-refractivity contribution < 1.29 is 0 Å². The fourth-order valence-corrected chi connectivity index (χ4v) is 1.90. The number of thiazole rings is 1. The zero-order valence-electron chi connectivity index (χ0n) is 8.79. The Labute approximate surface area is 97.5 Å². The summed E-state index contributed by atoms with van der Waals surface area (Å²) >= 11 is 1.46. The van der Waals surface area contributed by atoms with Crippen LogP contribution in [0.1, 0.15) is 17.5 Å². The van der Waals surface area contributed by atoms with Crippen molar-refractivity contribution in [3.05, 3.63) is 34.5 Å². The smallest absolute Gasteiger partial charge is 0.133 e. The number of allylic oxidation sites excluding steroid dienone is 1. The summed E-state index contributed by atoms with van der Waals surface area (Å²) in [4.78, 5) is 4.11. The van der Waals surface area contributed by atoms with Gasteiger partial charge in [0.1, 0.15) is 11.1 Å². The van der Waals surface area contributed by atoms with Crippen LogP contribution < -0.4 is 0 Å². The van der Waals surface area contributed by atoms with Crippen LogP contribution in [0.3, 0.4) is 0 Å². The minimum absolute atomic E-state index is 0.575. The molecule has 16 heavy (non-hydrogen) atoms. The molecule has 0 aliphatic rings. The maximum absolute atomic E-state index is 9.04. The average molecular weight is 230 g/mol. The number of aromatic nitrogens is 3. The largest absolute Gasteiger partial charge is 0.272 e. The lowest BCUT2D eigenvalue weighted by Crippen LogP contribution is -1.91. The summed E-state index contributed by atoms with van der Waals surface area (Å²) in [5.41, 5.74) is 1.50. The molecule has 0 fully saturated rings. The van der Waals surface area contributed by atoms with Gasteiger partial charge in [0, 0.05) is 29.9 Å². The Morgan fingerprint density at radius 3 is 3.12 bits per heavy atom. The van der Waals surface area contributed by atoms with E-state index in [1.54, 1.807) is 18.5 Å². The lowest BCUT2D eigenvalue weighted by molar-refractivity contribution is 0.660. The van der Waals surface area contributed by atoms with Crippen LogP contribution in [0.25, 0.3) is 11.6 Å². The molecule has 5 heteroatoms. The molecule has 2 heterocycles. The Balaban J connectivity index is 2.32. The fourth-order valence-electron chi connectivity index (χ4n) is 1.29. The molecule has 2 aromatic heterocycles. The van der Waals surface area contributed by atoms with Crippen LogP contribution in [-0.2, 0) is 6.54 Å². The first kappa shape index (κ1) is 10.6. The van der Waals surface area contributed by atoms with E-state index in [1.807, 2.05) is 23.2 Å². The van der Waals surface area contributed by atoms with Gasteiger partial charge in [-0.25, -0.2) is 4.98 Å². The van der Waals surface area contributed by atoms with E-state index in [0.717, 1.165) is 17.1 Å². The Hall–Kier alpha value is -1.93. The molecule has 0 bridgehead atoms. The van der Waals surface area contributed by atoms with Crippen molar-refractivity contribution in [2.45, 2.75) is 13.5 Å². The van der Waals surface area contributed by atoms with E-state index in [-0.39, 0.29) is 0 Å². The summed E-state index contributed by atoms with van der Waals surface area (Å²) in [6, 6.07) is 2.15. The van der Waals surface area contributed by atoms with Gasteiger partial charge in [-0.05, 0) is 13.0 Å². The van der Waals surface area contributed by atoms with E-state index in [4.69, 9.17) is 5.26 Å². The number of nitrogens with zero attached hydrogens (tertiary/aromatic N) is 4. The first-order valence-corrected chi connectivity index (χ1v) is 5.75. The molecule has 0 N–H and O–H groups in total. The molecule has 0 saturated heterocycles. The second kappa shape index (κ2) is 4.73. The van der Waals surface area contributed by atoms with Crippen molar-refractivity contribution in [1.82, 2.24) is 14.8 Å². The van der Waals surface area contributed by atoms with Crippen molar-refractivity contribution in [2.75, 3.05) is 0 Å². The summed E-state index contributed by atoms with van der Waals surface area (Å²) in [5, 5.41) is 15.8. The minimum Gasteiger partial charge on any atom is -0.272 e. The summed E-state index contributed by atoms with van der Waals surface area (Å²) in [7, 11) is 0. The number of aryl methyl sites for hydroxylation is 1. The minimum atomic E-state index is 0.575. The molecule has 0 spiro atoms. The molecule has 0 aliphatic carbocycles. The van der Waals surface area contributed by atoms with Gasteiger partial charge in [-0.2, -0.15) is 10.4 Å². The molecular weight excluding hydrogens is 220 g/mol. The summed E-state index contributed by atoms with van der Waals surface area (Å²) in [5.74, 6) is 0. The molecule has 4 nitrogen and oxygen atoms in total. The van der Waals surface area contributed by atoms with Gasteiger partial charge in [-0.1, -0.05) is 0 Å². The highest BCUT2D eigenvalue weighted by Gasteiger charge is 2.04. The number of hydrogen-bond acceptors (Lipinski definition) is 4. The lowest BCUT2D eigenvalue weighted by atomic mass is 10.2. The zero-order chi connectivity index (χ0) is 11.4. The van der Waals surface area contributed by atoms with Gasteiger partial charge in [0.15, 0.2) is 0 Å². The predicted molar refractivity (Wildman–Crippen MR) is 63.5 cm³/mol. The van der Waals surface area contributed by atoms with E-state index in [9.17, 15) is 0 Å². The van der Waals surface area contributed by atoms with Crippen LogP contribution in [0.2, 0.25) is 0 Å². The number of rotatable bonds is 3. The third kappa shape index (κ3) is 2.18. The Morgan fingerprint density at radius 1 is 1.69 bits per heavy atom. The summed E-state index contributed by atoms with van der Waals surface area (Å²) < 4.78 is 1.82. The summed E-state index contributed by atoms with van der Waals surface area (Å²) in [6.07, 6.45) is 7.15. The third-order valence-electron chi connectivity index (χ3n) is 2.07. The van der Waals surface area contributed by atoms with Crippen molar-refractivity contribution in [2.24, 2.45) is 0 Å². The highest BCUT2D eigenvalue weighted by molar-refractivity contribution is 7.10. The predicted octanol–water partition coefficient (Wildman–Crippen LogP) is 2.42. The van der Waals surface area contributed by atoms with Crippen LogP contribution >= 0.6 is 11.3 Å². The molecular formula is C11H10N4S. The molecule has 0 atom stereocenters. The first-order valence-electron chi connectivity index (χ1n) is 4.87. The zero-order valence-corrected chi connectivity index (χ0v) is 9.61. The van der Waals surface area contributed by atoms with Gasteiger partial charge < -0.3 is 0 Å². The van der Waals surface area contributed by atoms with Crippen molar-refractivity contribution >= 4 is 23.0 Å². The molecule has 0 saturated carbocycles. The SMILES string of the molecule is CCn1cc(/C=C(\C#N)c2nccs2)cn1. The van der Waals surface area contributed by atoms with Crippen molar-refractivity contribution in [3.63, 3.8) is 0 Å². The monoisotopic (exact) mass is 230 g/mol. The molecule has 0 aliphatic heterocycles. The molecule has 80 valence electrons. The molecule has 0 unspecified atom stereocenters. The second-order valence-electron chi connectivity index (χ2n) is 3.14. The molecule has 0 amide bonds. The van der Waals surface area contributed by atoms with E-state index in [2.05, 4.69) is 16.2 Å². The molecule has 0 radical (unpaired) electrons. The Morgan fingerprint density at radius 2 is 2.56 bits per heavy atom. The topological polar surface area (TPSA) is 54.5 Å². The number of hydrogen-bond donors (Lipinski definition) is 0. The quantitative estimate of drug-likeness (QED) is 0.761. The second-order valence-corrected chi connectivity index (χ2v) is 4.03. The Kier molecular flexibility index (Phi) is 3.13. The van der Waals surface area contributed by atoms with E-state index < -0.39 is 0 Å². The standard InChI is InChI=1S/C11H10N4S/c1-2-15-8-9(7-14-15)5-10(6-12)11-13-3-4-16-11/h3-5,7-8H,2H2,1H3/b10-5+. The van der Waals surface area contributed by atoms with Gasteiger partial charge in [0.25, 0.3) is 0 Å². The molecule has 2 rings (SSSR count). The van der Waals surface area contributed by atoms with E-state index in [0.29, 0.717) is 5.57 Å². The van der Waals surface area contributed by atoms with Crippen LogP contribution in [0.5, 0.6) is 0 Å². The summed E-state index contributed by atoms with van der Waals surface area (Å²) in [6.45, 7) is 2.85. The van der Waals surface area contributed by atoms with Gasteiger partial charge in [0.05, 0.1) is 11.8 Å². The maximum atomic E-state index is 9.04. The maximum Gasteiger partial charge on any atom is 0.133 e. The van der Waals surface area contributed by atoms with Gasteiger partial charge in [0.2, 0.25) is 0 Å². The lowest BCUT2D eigenvalue weighted by Gasteiger charge is -1.91.